The van der Waals surface area contributed by atoms with Crippen molar-refractivity contribution in [2.24, 2.45) is 5.92 Å². The van der Waals surface area contributed by atoms with E-state index < -0.39 is 6.10 Å². The standard InChI is InChI=1S/C17H27N3O/c1-14(2)12-20(10-9-19(3)4)13-17(21)16-7-5-15(11-18)6-8-16/h5-8,14,17,21H,9-10,12-13H2,1-4H3. The second kappa shape index (κ2) is 8.78. The van der Waals surface area contributed by atoms with Crippen LogP contribution in [0.4, 0.5) is 0 Å². The minimum atomic E-state index is -0.515. The van der Waals surface area contributed by atoms with Crippen molar-refractivity contribution < 1.29 is 5.11 Å². The lowest BCUT2D eigenvalue weighted by molar-refractivity contribution is 0.101. The van der Waals surface area contributed by atoms with E-state index in [0.29, 0.717) is 18.0 Å². The fraction of sp³-hybridized carbons (Fsp3) is 0.588. The van der Waals surface area contributed by atoms with E-state index in [1.54, 1.807) is 12.1 Å². The van der Waals surface area contributed by atoms with Crippen LogP contribution in [0.1, 0.15) is 31.1 Å². The fourth-order valence-electron chi connectivity index (χ4n) is 2.24. The third kappa shape index (κ3) is 6.72. The van der Waals surface area contributed by atoms with E-state index in [1.807, 2.05) is 12.1 Å². The smallest absolute Gasteiger partial charge is 0.0991 e. The number of aliphatic hydroxyl groups excluding tert-OH is 1. The molecule has 4 nitrogen and oxygen atoms in total. The zero-order chi connectivity index (χ0) is 15.8. The van der Waals surface area contributed by atoms with Crippen molar-refractivity contribution in [3.63, 3.8) is 0 Å². The first kappa shape index (κ1) is 17.6. The van der Waals surface area contributed by atoms with Gasteiger partial charge in [0.15, 0.2) is 0 Å². The SMILES string of the molecule is CC(C)CN(CCN(C)C)CC(O)c1ccc(C#N)cc1. The highest BCUT2D eigenvalue weighted by Crippen LogP contribution is 2.16. The summed E-state index contributed by atoms with van der Waals surface area (Å²) in [6.07, 6.45) is -0.515. The summed E-state index contributed by atoms with van der Waals surface area (Å²) < 4.78 is 0. The van der Waals surface area contributed by atoms with Gasteiger partial charge in [-0.25, -0.2) is 0 Å². The Bertz CT molecular complexity index is 448. The van der Waals surface area contributed by atoms with E-state index >= 15 is 0 Å². The minimum Gasteiger partial charge on any atom is -0.387 e. The summed E-state index contributed by atoms with van der Waals surface area (Å²) in [4.78, 5) is 4.45. The number of nitriles is 1. The summed E-state index contributed by atoms with van der Waals surface area (Å²) in [7, 11) is 4.12. The third-order valence-corrected chi connectivity index (χ3v) is 3.34. The molecule has 0 amide bonds. The molecule has 116 valence electrons. The highest BCUT2D eigenvalue weighted by atomic mass is 16.3. The minimum absolute atomic E-state index is 0.515. The van der Waals surface area contributed by atoms with Crippen molar-refractivity contribution in [2.75, 3.05) is 40.3 Å². The van der Waals surface area contributed by atoms with Crippen LogP contribution in [0.25, 0.3) is 0 Å². The largest absolute Gasteiger partial charge is 0.387 e. The normalized spacial score (nSPS) is 12.9. The average Bonchev–Trinajstić information content (AvgIpc) is 2.44. The Hall–Kier alpha value is -1.41. The Labute approximate surface area is 128 Å². The van der Waals surface area contributed by atoms with Gasteiger partial charge in [-0.3, -0.25) is 4.90 Å². The van der Waals surface area contributed by atoms with E-state index in [0.717, 1.165) is 25.2 Å². The van der Waals surface area contributed by atoms with E-state index in [4.69, 9.17) is 5.26 Å². The molecule has 0 bridgehead atoms. The van der Waals surface area contributed by atoms with Gasteiger partial charge in [0, 0.05) is 26.2 Å². The number of benzene rings is 1. The molecule has 0 heterocycles. The molecular formula is C17H27N3O. The van der Waals surface area contributed by atoms with Crippen LogP contribution in [0.15, 0.2) is 24.3 Å². The molecule has 0 radical (unpaired) electrons. The summed E-state index contributed by atoms with van der Waals surface area (Å²) in [5, 5.41) is 19.2. The number of hydrogen-bond donors (Lipinski definition) is 1. The van der Waals surface area contributed by atoms with Crippen molar-refractivity contribution in [3.05, 3.63) is 35.4 Å². The number of hydrogen-bond acceptors (Lipinski definition) is 4. The van der Waals surface area contributed by atoms with Crippen LogP contribution >= 0.6 is 0 Å². The van der Waals surface area contributed by atoms with Gasteiger partial charge >= 0.3 is 0 Å². The molecule has 0 saturated heterocycles. The van der Waals surface area contributed by atoms with Gasteiger partial charge in [-0.05, 0) is 37.7 Å². The molecule has 0 aliphatic heterocycles. The predicted octanol–water partition coefficient (Wildman–Crippen LogP) is 2.11. The highest BCUT2D eigenvalue weighted by Gasteiger charge is 2.15. The first-order valence-corrected chi connectivity index (χ1v) is 7.47. The van der Waals surface area contributed by atoms with Crippen LogP contribution in [0, 0.1) is 17.2 Å². The van der Waals surface area contributed by atoms with Gasteiger partial charge in [-0.1, -0.05) is 26.0 Å². The summed E-state index contributed by atoms with van der Waals surface area (Å²) in [5.74, 6) is 0.570. The zero-order valence-corrected chi connectivity index (χ0v) is 13.6. The molecule has 1 atom stereocenters. The Kier molecular flexibility index (Phi) is 7.38. The van der Waals surface area contributed by atoms with Crippen molar-refractivity contribution in [3.8, 4) is 6.07 Å². The van der Waals surface area contributed by atoms with Crippen LogP contribution in [0.3, 0.4) is 0 Å². The monoisotopic (exact) mass is 289 g/mol. The van der Waals surface area contributed by atoms with E-state index in [2.05, 4.69) is 43.8 Å². The van der Waals surface area contributed by atoms with Crippen LogP contribution in [0.5, 0.6) is 0 Å². The second-order valence-electron chi connectivity index (χ2n) is 6.21. The Morgan fingerprint density at radius 3 is 2.19 bits per heavy atom. The molecule has 0 aromatic heterocycles. The van der Waals surface area contributed by atoms with Crippen molar-refractivity contribution in [1.29, 1.82) is 5.26 Å². The molecule has 1 rings (SSSR count). The molecule has 1 N–H and O–H groups in total. The molecule has 21 heavy (non-hydrogen) atoms. The molecular weight excluding hydrogens is 262 g/mol. The maximum absolute atomic E-state index is 10.4. The van der Waals surface area contributed by atoms with Crippen LogP contribution in [-0.2, 0) is 0 Å². The quantitative estimate of drug-likeness (QED) is 0.796. The molecule has 0 aliphatic carbocycles. The second-order valence-corrected chi connectivity index (χ2v) is 6.21. The predicted molar refractivity (Wildman–Crippen MR) is 85.9 cm³/mol. The molecule has 0 aliphatic rings. The number of rotatable bonds is 8. The van der Waals surface area contributed by atoms with Gasteiger partial charge in [0.25, 0.3) is 0 Å². The third-order valence-electron chi connectivity index (χ3n) is 3.34. The molecule has 0 saturated carbocycles. The summed E-state index contributed by atoms with van der Waals surface area (Å²) in [5.41, 5.74) is 1.49. The summed E-state index contributed by atoms with van der Waals surface area (Å²) in [6, 6.07) is 9.28. The molecule has 1 aromatic carbocycles. The lowest BCUT2D eigenvalue weighted by Gasteiger charge is -2.28. The Balaban J connectivity index is 2.64. The number of likely N-dealkylation sites (N-methyl/N-ethyl adjacent to an activating group) is 1. The van der Waals surface area contributed by atoms with Gasteiger partial charge in [-0.2, -0.15) is 5.26 Å². The summed E-state index contributed by atoms with van der Waals surface area (Å²) >= 11 is 0. The fourth-order valence-corrected chi connectivity index (χ4v) is 2.24. The van der Waals surface area contributed by atoms with Crippen molar-refractivity contribution >= 4 is 0 Å². The van der Waals surface area contributed by atoms with Crippen molar-refractivity contribution in [1.82, 2.24) is 9.80 Å². The lowest BCUT2D eigenvalue weighted by Crippen LogP contribution is -2.37. The van der Waals surface area contributed by atoms with Crippen molar-refractivity contribution in [2.45, 2.75) is 20.0 Å². The van der Waals surface area contributed by atoms with Crippen LogP contribution in [-0.4, -0.2) is 55.2 Å². The van der Waals surface area contributed by atoms with Gasteiger partial charge < -0.3 is 10.0 Å². The van der Waals surface area contributed by atoms with Gasteiger partial charge in [0.05, 0.1) is 17.7 Å². The van der Waals surface area contributed by atoms with Gasteiger partial charge in [0.1, 0.15) is 0 Å². The first-order valence-electron chi connectivity index (χ1n) is 7.47. The first-order chi connectivity index (χ1) is 9.92. The zero-order valence-electron chi connectivity index (χ0n) is 13.6. The molecule has 1 aromatic rings. The maximum Gasteiger partial charge on any atom is 0.0991 e. The molecule has 0 fully saturated rings. The lowest BCUT2D eigenvalue weighted by atomic mass is 10.1. The van der Waals surface area contributed by atoms with Crippen LogP contribution in [0.2, 0.25) is 0 Å². The van der Waals surface area contributed by atoms with E-state index in [-0.39, 0.29) is 0 Å². The Morgan fingerprint density at radius 1 is 1.10 bits per heavy atom. The number of nitrogens with zero attached hydrogens (tertiary/aromatic N) is 3. The molecule has 1 unspecified atom stereocenters. The number of aliphatic hydroxyl groups is 1. The highest BCUT2D eigenvalue weighted by molar-refractivity contribution is 5.32. The Morgan fingerprint density at radius 2 is 1.71 bits per heavy atom. The van der Waals surface area contributed by atoms with Gasteiger partial charge in [0.2, 0.25) is 0 Å². The maximum atomic E-state index is 10.4. The topological polar surface area (TPSA) is 50.5 Å². The van der Waals surface area contributed by atoms with E-state index in [9.17, 15) is 5.11 Å². The molecule has 4 heteroatoms. The summed E-state index contributed by atoms with van der Waals surface area (Å²) in [6.45, 7) is 7.90. The van der Waals surface area contributed by atoms with E-state index in [1.165, 1.54) is 0 Å². The molecule has 0 spiro atoms. The van der Waals surface area contributed by atoms with Crippen LogP contribution < -0.4 is 0 Å². The van der Waals surface area contributed by atoms with Gasteiger partial charge in [-0.15, -0.1) is 0 Å². The average molecular weight is 289 g/mol.